The first-order valence-corrected chi connectivity index (χ1v) is 8.16. The van der Waals surface area contributed by atoms with Gasteiger partial charge in [-0.1, -0.05) is 6.07 Å². The topological polar surface area (TPSA) is 39.7 Å². The van der Waals surface area contributed by atoms with Gasteiger partial charge in [0.2, 0.25) is 0 Å². The van der Waals surface area contributed by atoms with Gasteiger partial charge in [0.1, 0.15) is 12.4 Å². The van der Waals surface area contributed by atoms with Crippen molar-refractivity contribution >= 4 is 15.9 Å². The third kappa shape index (κ3) is 4.19. The lowest BCUT2D eigenvalue weighted by atomic mass is 9.88. The Labute approximate surface area is 135 Å². The lowest BCUT2D eigenvalue weighted by Crippen LogP contribution is -2.29. The number of methoxy groups -OCH3 is 1. The van der Waals surface area contributed by atoms with Gasteiger partial charge in [-0.2, -0.15) is 0 Å². The molecule has 3 atom stereocenters. The summed E-state index contributed by atoms with van der Waals surface area (Å²) in [6.07, 6.45) is 1.38. The molecule has 1 aromatic rings. The molecular formula is C16H24BrNO3. The molecule has 0 radical (unpaired) electrons. The van der Waals surface area contributed by atoms with Gasteiger partial charge in [0.15, 0.2) is 0 Å². The highest BCUT2D eigenvalue weighted by Crippen LogP contribution is 2.36. The van der Waals surface area contributed by atoms with Crippen LogP contribution in [0.2, 0.25) is 0 Å². The molecule has 0 saturated carbocycles. The van der Waals surface area contributed by atoms with Crippen LogP contribution in [0, 0.1) is 5.92 Å². The van der Waals surface area contributed by atoms with Crippen molar-refractivity contribution in [3.63, 3.8) is 0 Å². The van der Waals surface area contributed by atoms with Gasteiger partial charge in [-0.05, 0) is 54.0 Å². The first kappa shape index (κ1) is 16.7. The SMILES string of the molecule is CNC(c1ccc(OCCOC)c(Br)c1)C1CCOC1C. The van der Waals surface area contributed by atoms with Crippen molar-refractivity contribution in [2.24, 2.45) is 5.92 Å². The molecule has 2 rings (SSSR count). The average Bonchev–Trinajstić information content (AvgIpc) is 2.89. The van der Waals surface area contributed by atoms with Crippen molar-refractivity contribution in [3.05, 3.63) is 28.2 Å². The van der Waals surface area contributed by atoms with E-state index in [1.165, 1.54) is 5.56 Å². The molecule has 1 N–H and O–H groups in total. The number of benzene rings is 1. The highest BCUT2D eigenvalue weighted by Gasteiger charge is 2.32. The van der Waals surface area contributed by atoms with Crippen LogP contribution in [0.15, 0.2) is 22.7 Å². The lowest BCUT2D eigenvalue weighted by molar-refractivity contribution is 0.0963. The fraction of sp³-hybridized carbons (Fsp3) is 0.625. The summed E-state index contributed by atoms with van der Waals surface area (Å²) in [5.74, 6) is 1.35. The second-order valence-corrected chi connectivity index (χ2v) is 6.18. The molecule has 1 aliphatic rings. The monoisotopic (exact) mass is 357 g/mol. The van der Waals surface area contributed by atoms with Gasteiger partial charge >= 0.3 is 0 Å². The highest BCUT2D eigenvalue weighted by molar-refractivity contribution is 9.10. The van der Waals surface area contributed by atoms with E-state index in [0.717, 1.165) is 23.2 Å². The van der Waals surface area contributed by atoms with Crippen molar-refractivity contribution in [2.75, 3.05) is 34.0 Å². The molecule has 0 bridgehead atoms. The second-order valence-electron chi connectivity index (χ2n) is 5.33. The van der Waals surface area contributed by atoms with Crippen molar-refractivity contribution in [1.82, 2.24) is 5.32 Å². The minimum Gasteiger partial charge on any atom is -0.490 e. The Balaban J connectivity index is 2.10. The van der Waals surface area contributed by atoms with Crippen LogP contribution in [0.3, 0.4) is 0 Å². The first-order chi connectivity index (χ1) is 10.2. The Morgan fingerprint density at radius 1 is 1.43 bits per heavy atom. The fourth-order valence-corrected chi connectivity index (χ4v) is 3.39. The van der Waals surface area contributed by atoms with E-state index < -0.39 is 0 Å². The van der Waals surface area contributed by atoms with E-state index in [1.54, 1.807) is 7.11 Å². The van der Waals surface area contributed by atoms with E-state index in [4.69, 9.17) is 14.2 Å². The minimum absolute atomic E-state index is 0.291. The van der Waals surface area contributed by atoms with Crippen molar-refractivity contribution in [2.45, 2.75) is 25.5 Å². The molecule has 0 aliphatic carbocycles. The van der Waals surface area contributed by atoms with Gasteiger partial charge in [0, 0.05) is 25.7 Å². The van der Waals surface area contributed by atoms with Gasteiger partial charge in [0.05, 0.1) is 17.2 Å². The van der Waals surface area contributed by atoms with Gasteiger partial charge in [-0.15, -0.1) is 0 Å². The van der Waals surface area contributed by atoms with Crippen molar-refractivity contribution in [3.8, 4) is 5.75 Å². The molecular weight excluding hydrogens is 334 g/mol. The van der Waals surface area contributed by atoms with Gasteiger partial charge < -0.3 is 19.5 Å². The largest absolute Gasteiger partial charge is 0.490 e. The van der Waals surface area contributed by atoms with Crippen LogP contribution >= 0.6 is 15.9 Å². The second kappa shape index (κ2) is 8.13. The van der Waals surface area contributed by atoms with Crippen LogP contribution in [-0.4, -0.2) is 40.1 Å². The Kier molecular flexibility index (Phi) is 6.48. The minimum atomic E-state index is 0.291. The predicted octanol–water partition coefficient (Wildman–Crippen LogP) is 3.16. The Hall–Kier alpha value is -0.620. The third-order valence-electron chi connectivity index (χ3n) is 4.03. The summed E-state index contributed by atoms with van der Waals surface area (Å²) in [6, 6.07) is 6.57. The molecule has 0 amide bonds. The lowest BCUT2D eigenvalue weighted by Gasteiger charge is -2.26. The summed E-state index contributed by atoms with van der Waals surface area (Å²) in [4.78, 5) is 0. The van der Waals surface area contributed by atoms with Crippen molar-refractivity contribution in [1.29, 1.82) is 0 Å². The normalized spacial score (nSPS) is 23.2. The van der Waals surface area contributed by atoms with Gasteiger partial charge in [-0.25, -0.2) is 0 Å². The Morgan fingerprint density at radius 2 is 2.24 bits per heavy atom. The highest BCUT2D eigenvalue weighted by atomic mass is 79.9. The number of hydrogen-bond donors (Lipinski definition) is 1. The fourth-order valence-electron chi connectivity index (χ4n) is 2.88. The smallest absolute Gasteiger partial charge is 0.133 e. The molecule has 5 heteroatoms. The molecule has 0 aromatic heterocycles. The van der Waals surface area contributed by atoms with Crippen LogP contribution in [0.25, 0.3) is 0 Å². The number of halogens is 1. The van der Waals surface area contributed by atoms with E-state index in [9.17, 15) is 0 Å². The zero-order valence-electron chi connectivity index (χ0n) is 12.9. The zero-order valence-corrected chi connectivity index (χ0v) is 14.5. The summed E-state index contributed by atoms with van der Waals surface area (Å²) in [7, 11) is 3.68. The molecule has 1 fully saturated rings. The quantitative estimate of drug-likeness (QED) is 0.760. The van der Waals surface area contributed by atoms with Crippen molar-refractivity contribution < 1.29 is 14.2 Å². The van der Waals surface area contributed by atoms with Crippen LogP contribution in [0.5, 0.6) is 5.75 Å². The van der Waals surface area contributed by atoms with E-state index in [-0.39, 0.29) is 0 Å². The van der Waals surface area contributed by atoms with Gasteiger partial charge in [-0.3, -0.25) is 0 Å². The maximum atomic E-state index is 5.70. The maximum absolute atomic E-state index is 5.70. The summed E-state index contributed by atoms with van der Waals surface area (Å²) < 4.78 is 17.3. The average molecular weight is 358 g/mol. The van der Waals surface area contributed by atoms with Gasteiger partial charge in [0.25, 0.3) is 0 Å². The van der Waals surface area contributed by atoms with E-state index in [1.807, 2.05) is 13.1 Å². The Morgan fingerprint density at radius 3 is 2.81 bits per heavy atom. The standard InChI is InChI=1S/C16H24BrNO3/c1-11-13(6-7-20-11)16(18-2)12-4-5-15(14(17)10-12)21-9-8-19-3/h4-5,10-11,13,16,18H,6-9H2,1-3H3. The first-order valence-electron chi connectivity index (χ1n) is 7.37. The molecule has 0 spiro atoms. The number of rotatable bonds is 7. The molecule has 1 saturated heterocycles. The Bertz CT molecular complexity index is 455. The zero-order chi connectivity index (χ0) is 15.2. The van der Waals surface area contributed by atoms with E-state index >= 15 is 0 Å². The summed E-state index contributed by atoms with van der Waals surface area (Å²) in [6.45, 7) is 4.14. The third-order valence-corrected chi connectivity index (χ3v) is 4.65. The van der Waals surface area contributed by atoms with E-state index in [0.29, 0.717) is 31.3 Å². The number of ether oxygens (including phenoxy) is 3. The molecule has 21 heavy (non-hydrogen) atoms. The molecule has 118 valence electrons. The van der Waals surface area contributed by atoms with E-state index in [2.05, 4.69) is 40.3 Å². The molecule has 1 heterocycles. The van der Waals surface area contributed by atoms with Crippen LogP contribution in [0.1, 0.15) is 24.9 Å². The summed E-state index contributed by atoms with van der Waals surface area (Å²) in [5.41, 5.74) is 1.26. The molecule has 3 unspecified atom stereocenters. The molecule has 1 aromatic carbocycles. The van der Waals surface area contributed by atoms with Crippen LogP contribution in [-0.2, 0) is 9.47 Å². The summed E-state index contributed by atoms with van der Waals surface area (Å²) in [5, 5.41) is 3.43. The number of hydrogen-bond acceptors (Lipinski definition) is 4. The predicted molar refractivity (Wildman–Crippen MR) is 86.8 cm³/mol. The van der Waals surface area contributed by atoms with Crippen LogP contribution < -0.4 is 10.1 Å². The molecule has 1 aliphatic heterocycles. The van der Waals surface area contributed by atoms with Crippen LogP contribution in [0.4, 0.5) is 0 Å². The molecule has 4 nitrogen and oxygen atoms in total. The summed E-state index contributed by atoms with van der Waals surface area (Å²) >= 11 is 3.60. The maximum Gasteiger partial charge on any atom is 0.133 e. The number of nitrogens with one attached hydrogen (secondary N) is 1.